The molecule has 2 aromatic heterocycles. The highest BCUT2D eigenvalue weighted by Crippen LogP contribution is 2.14. The van der Waals surface area contributed by atoms with Crippen LogP contribution in [0, 0.1) is 0 Å². The van der Waals surface area contributed by atoms with Crippen molar-refractivity contribution in [2.24, 2.45) is 0 Å². The van der Waals surface area contributed by atoms with Crippen molar-refractivity contribution in [3.05, 3.63) is 41.3 Å². The largest absolute Gasteiger partial charge is 0.397 e. The summed E-state index contributed by atoms with van der Waals surface area (Å²) in [6, 6.07) is 4.94. The van der Waals surface area contributed by atoms with Gasteiger partial charge in [0, 0.05) is 18.9 Å². The number of hydrogen-bond donors (Lipinski definition) is 2. The van der Waals surface area contributed by atoms with Crippen LogP contribution >= 0.6 is 11.6 Å². The molecule has 18 heavy (non-hydrogen) atoms. The lowest BCUT2D eigenvalue weighted by Crippen LogP contribution is -2.16. The summed E-state index contributed by atoms with van der Waals surface area (Å²) in [4.78, 5) is 16.0. The molecular weight excluding hydrogens is 252 g/mol. The van der Waals surface area contributed by atoms with E-state index in [0.717, 1.165) is 0 Å². The van der Waals surface area contributed by atoms with Crippen molar-refractivity contribution in [3.63, 3.8) is 0 Å². The average Bonchev–Trinajstić information content (AvgIpc) is 2.73. The molecule has 3 N–H and O–H groups in total. The number of nitrogens with one attached hydrogen (secondary N) is 1. The number of anilines is 2. The van der Waals surface area contributed by atoms with Gasteiger partial charge in [0.25, 0.3) is 5.91 Å². The lowest BCUT2D eigenvalue weighted by atomic mass is 10.3. The normalized spacial score (nSPS) is 10.3. The van der Waals surface area contributed by atoms with Gasteiger partial charge in [-0.2, -0.15) is 0 Å². The second kappa shape index (κ2) is 5.10. The van der Waals surface area contributed by atoms with Gasteiger partial charge in [0.1, 0.15) is 11.5 Å². The first kappa shape index (κ1) is 12.4. The third kappa shape index (κ3) is 2.62. The van der Waals surface area contributed by atoms with Gasteiger partial charge in [0.15, 0.2) is 0 Å². The molecule has 0 aromatic carbocycles. The van der Waals surface area contributed by atoms with E-state index >= 15 is 0 Å². The number of amides is 1. The molecule has 0 saturated heterocycles. The van der Waals surface area contributed by atoms with Crippen LogP contribution in [-0.4, -0.2) is 15.5 Å². The van der Waals surface area contributed by atoms with E-state index in [1.807, 2.05) is 6.92 Å². The van der Waals surface area contributed by atoms with Gasteiger partial charge in [-0.05, 0) is 25.1 Å². The van der Waals surface area contributed by atoms with Gasteiger partial charge >= 0.3 is 0 Å². The summed E-state index contributed by atoms with van der Waals surface area (Å²) in [6.07, 6.45) is 3.20. The molecule has 0 fully saturated rings. The summed E-state index contributed by atoms with van der Waals surface area (Å²) in [6.45, 7) is 2.62. The Morgan fingerprint density at radius 1 is 1.56 bits per heavy atom. The van der Waals surface area contributed by atoms with Crippen LogP contribution in [0.2, 0.25) is 5.02 Å². The fourth-order valence-electron chi connectivity index (χ4n) is 1.62. The second-order valence-corrected chi connectivity index (χ2v) is 4.20. The summed E-state index contributed by atoms with van der Waals surface area (Å²) >= 11 is 5.72. The van der Waals surface area contributed by atoms with Crippen LogP contribution in [0.5, 0.6) is 0 Å². The Balaban J connectivity index is 2.19. The van der Waals surface area contributed by atoms with Gasteiger partial charge < -0.3 is 15.6 Å². The van der Waals surface area contributed by atoms with Crippen molar-refractivity contribution >= 4 is 29.0 Å². The quantitative estimate of drug-likeness (QED) is 0.894. The van der Waals surface area contributed by atoms with Crippen molar-refractivity contribution in [2.45, 2.75) is 13.5 Å². The Bertz CT molecular complexity index is 562. The minimum Gasteiger partial charge on any atom is -0.397 e. The molecule has 0 aliphatic heterocycles. The molecule has 2 heterocycles. The highest BCUT2D eigenvalue weighted by Gasteiger charge is 2.12. The maximum atomic E-state index is 12.0. The number of nitrogen functional groups attached to an aromatic ring is 1. The minimum atomic E-state index is -0.247. The molecule has 1 amide bonds. The molecule has 2 rings (SSSR count). The van der Waals surface area contributed by atoms with E-state index in [2.05, 4.69) is 10.3 Å². The van der Waals surface area contributed by atoms with Crippen LogP contribution in [0.15, 0.2) is 30.6 Å². The van der Waals surface area contributed by atoms with Crippen LogP contribution in [-0.2, 0) is 6.54 Å². The first-order valence-electron chi connectivity index (χ1n) is 5.48. The number of aryl methyl sites for hydroxylation is 1. The molecule has 0 unspecified atom stereocenters. The van der Waals surface area contributed by atoms with E-state index in [1.165, 1.54) is 6.20 Å². The molecule has 0 spiro atoms. The molecule has 0 atom stereocenters. The zero-order valence-electron chi connectivity index (χ0n) is 9.85. The summed E-state index contributed by atoms with van der Waals surface area (Å²) in [7, 11) is 0. The molecule has 0 aliphatic rings. The van der Waals surface area contributed by atoms with E-state index in [9.17, 15) is 4.79 Å². The smallest absolute Gasteiger partial charge is 0.273 e. The fourth-order valence-corrected chi connectivity index (χ4v) is 1.73. The first-order valence-corrected chi connectivity index (χ1v) is 5.86. The van der Waals surface area contributed by atoms with Gasteiger partial charge in [-0.15, -0.1) is 0 Å². The maximum Gasteiger partial charge on any atom is 0.273 e. The number of halogens is 1. The Morgan fingerprint density at radius 2 is 2.33 bits per heavy atom. The van der Waals surface area contributed by atoms with Gasteiger partial charge in [0.05, 0.1) is 10.7 Å². The van der Waals surface area contributed by atoms with Crippen LogP contribution in [0.25, 0.3) is 0 Å². The number of nitrogens with zero attached hydrogens (tertiary/aromatic N) is 2. The second-order valence-electron chi connectivity index (χ2n) is 3.76. The standard InChI is InChI=1S/C12H13ClN4O/c1-2-17-7-9(14)5-10(17)12(18)16-11-4-3-8(13)6-15-11/h3-7H,2,14H2,1H3,(H,15,16,18). The van der Waals surface area contributed by atoms with Gasteiger partial charge in [-0.25, -0.2) is 4.98 Å². The number of nitrogens with two attached hydrogens (primary N) is 1. The van der Waals surface area contributed by atoms with Gasteiger partial charge in [-0.3, -0.25) is 4.79 Å². The third-order valence-corrected chi connectivity index (χ3v) is 2.68. The number of aromatic nitrogens is 2. The lowest BCUT2D eigenvalue weighted by molar-refractivity contribution is 0.101. The van der Waals surface area contributed by atoms with Crippen LogP contribution in [0.1, 0.15) is 17.4 Å². The van der Waals surface area contributed by atoms with Crippen LogP contribution < -0.4 is 11.1 Å². The third-order valence-electron chi connectivity index (χ3n) is 2.46. The van der Waals surface area contributed by atoms with Crippen molar-refractivity contribution in [1.29, 1.82) is 0 Å². The summed E-state index contributed by atoms with van der Waals surface area (Å²) in [5.74, 6) is 0.204. The van der Waals surface area contributed by atoms with E-state index in [0.29, 0.717) is 28.8 Å². The summed E-state index contributed by atoms with van der Waals surface area (Å²) < 4.78 is 1.78. The van der Waals surface area contributed by atoms with E-state index in [-0.39, 0.29) is 5.91 Å². The lowest BCUT2D eigenvalue weighted by Gasteiger charge is -2.06. The molecule has 5 nitrogen and oxygen atoms in total. The Kier molecular flexibility index (Phi) is 3.53. The molecule has 2 aromatic rings. The molecule has 6 heteroatoms. The number of carbonyl (C=O) groups excluding carboxylic acids is 1. The minimum absolute atomic E-state index is 0.247. The number of hydrogen-bond acceptors (Lipinski definition) is 3. The zero-order chi connectivity index (χ0) is 13.1. The Hall–Kier alpha value is -2.01. The van der Waals surface area contributed by atoms with Crippen LogP contribution in [0.3, 0.4) is 0 Å². The predicted octanol–water partition coefficient (Wildman–Crippen LogP) is 2.39. The van der Waals surface area contributed by atoms with E-state index in [1.54, 1.807) is 29.0 Å². The highest BCUT2D eigenvalue weighted by atomic mass is 35.5. The Labute approximate surface area is 110 Å². The van der Waals surface area contributed by atoms with Crippen molar-refractivity contribution in [3.8, 4) is 0 Å². The fraction of sp³-hybridized carbons (Fsp3) is 0.167. The van der Waals surface area contributed by atoms with Gasteiger partial charge in [-0.1, -0.05) is 11.6 Å². The highest BCUT2D eigenvalue weighted by molar-refractivity contribution is 6.30. The number of pyridine rings is 1. The molecule has 0 bridgehead atoms. The summed E-state index contributed by atoms with van der Waals surface area (Å²) in [5, 5.41) is 3.21. The average molecular weight is 265 g/mol. The van der Waals surface area contributed by atoms with Crippen molar-refractivity contribution in [1.82, 2.24) is 9.55 Å². The maximum absolute atomic E-state index is 12.0. The molecular formula is C12H13ClN4O. The molecule has 0 saturated carbocycles. The monoisotopic (exact) mass is 264 g/mol. The summed E-state index contributed by atoms with van der Waals surface area (Å²) in [5.41, 5.74) is 6.74. The molecule has 0 aliphatic carbocycles. The first-order chi connectivity index (χ1) is 8.60. The molecule has 94 valence electrons. The van der Waals surface area contributed by atoms with Gasteiger partial charge in [0.2, 0.25) is 0 Å². The van der Waals surface area contributed by atoms with Crippen LogP contribution in [0.4, 0.5) is 11.5 Å². The van der Waals surface area contributed by atoms with Crippen molar-refractivity contribution in [2.75, 3.05) is 11.1 Å². The number of carbonyl (C=O) groups is 1. The number of rotatable bonds is 3. The zero-order valence-corrected chi connectivity index (χ0v) is 10.6. The topological polar surface area (TPSA) is 72.9 Å². The SMILES string of the molecule is CCn1cc(N)cc1C(=O)Nc1ccc(Cl)cn1. The van der Waals surface area contributed by atoms with E-state index in [4.69, 9.17) is 17.3 Å². The predicted molar refractivity (Wildman–Crippen MR) is 71.7 cm³/mol. The van der Waals surface area contributed by atoms with E-state index < -0.39 is 0 Å². The Morgan fingerprint density at radius 3 is 2.94 bits per heavy atom. The molecule has 0 radical (unpaired) electrons. The van der Waals surface area contributed by atoms with Crippen molar-refractivity contribution < 1.29 is 4.79 Å².